The summed E-state index contributed by atoms with van der Waals surface area (Å²) >= 11 is 0. The maximum atomic E-state index is 12.7. The lowest BCUT2D eigenvalue weighted by Crippen LogP contribution is -2.44. The molecule has 0 saturated carbocycles. The van der Waals surface area contributed by atoms with Crippen molar-refractivity contribution in [2.24, 2.45) is 4.99 Å². The van der Waals surface area contributed by atoms with Crippen LogP contribution in [0.4, 0.5) is 13.2 Å². The van der Waals surface area contributed by atoms with Gasteiger partial charge in [-0.3, -0.25) is 9.89 Å². The van der Waals surface area contributed by atoms with Crippen LogP contribution in [0.2, 0.25) is 0 Å². The van der Waals surface area contributed by atoms with Crippen LogP contribution >= 0.6 is 0 Å². The summed E-state index contributed by atoms with van der Waals surface area (Å²) in [5.41, 5.74) is 0.258. The fraction of sp³-hybridized carbons (Fsp3) is 0.550. The van der Waals surface area contributed by atoms with Crippen LogP contribution in [0.3, 0.4) is 0 Å². The van der Waals surface area contributed by atoms with Crippen molar-refractivity contribution in [2.75, 3.05) is 26.2 Å². The molecule has 164 valence electrons. The van der Waals surface area contributed by atoms with Crippen molar-refractivity contribution in [1.29, 1.82) is 0 Å². The van der Waals surface area contributed by atoms with Gasteiger partial charge in [0.1, 0.15) is 0 Å². The molecule has 1 aromatic carbocycles. The van der Waals surface area contributed by atoms with Crippen molar-refractivity contribution in [3.05, 3.63) is 47.1 Å². The third-order valence-corrected chi connectivity index (χ3v) is 4.81. The van der Waals surface area contributed by atoms with Gasteiger partial charge in [-0.05, 0) is 38.0 Å². The first-order chi connectivity index (χ1) is 14.3. The number of benzene rings is 1. The Hall–Kier alpha value is -2.62. The van der Waals surface area contributed by atoms with Crippen molar-refractivity contribution >= 4 is 5.96 Å². The minimum Gasteiger partial charge on any atom is -0.357 e. The highest BCUT2D eigenvalue weighted by atomic mass is 19.4. The van der Waals surface area contributed by atoms with Crippen LogP contribution in [0.5, 0.6) is 0 Å². The number of hydrogen-bond donors (Lipinski definition) is 2. The number of nitrogens with one attached hydrogen (secondary N) is 2. The Morgan fingerprint density at radius 3 is 2.70 bits per heavy atom. The van der Waals surface area contributed by atoms with Gasteiger partial charge in [-0.15, -0.1) is 0 Å². The van der Waals surface area contributed by atoms with Gasteiger partial charge in [-0.1, -0.05) is 17.3 Å². The number of aryl methyl sites for hydroxylation is 1. The summed E-state index contributed by atoms with van der Waals surface area (Å²) in [6, 6.07) is 5.61. The lowest BCUT2D eigenvalue weighted by molar-refractivity contribution is -0.137. The fourth-order valence-electron chi connectivity index (χ4n) is 3.37. The molecular formula is C20H27F3N6O. The molecule has 30 heavy (non-hydrogen) atoms. The number of nitrogens with zero attached hydrogens (tertiary/aromatic N) is 4. The van der Waals surface area contributed by atoms with E-state index in [1.807, 2.05) is 6.92 Å². The van der Waals surface area contributed by atoms with Gasteiger partial charge in [0.25, 0.3) is 0 Å². The molecule has 3 rings (SSSR count). The van der Waals surface area contributed by atoms with Crippen LogP contribution in [0, 0.1) is 6.92 Å². The summed E-state index contributed by atoms with van der Waals surface area (Å²) in [7, 11) is 0. The highest BCUT2D eigenvalue weighted by molar-refractivity contribution is 5.80. The maximum absolute atomic E-state index is 12.7. The molecule has 0 aliphatic carbocycles. The van der Waals surface area contributed by atoms with Gasteiger partial charge >= 0.3 is 6.18 Å². The highest BCUT2D eigenvalue weighted by Gasteiger charge is 2.30. The van der Waals surface area contributed by atoms with Crippen LogP contribution < -0.4 is 10.6 Å². The average Bonchev–Trinajstić information content (AvgIpc) is 3.30. The Morgan fingerprint density at radius 2 is 2.07 bits per heavy atom. The Kier molecular flexibility index (Phi) is 7.30. The molecule has 10 heteroatoms. The van der Waals surface area contributed by atoms with E-state index in [9.17, 15) is 13.2 Å². The smallest absolute Gasteiger partial charge is 0.357 e. The van der Waals surface area contributed by atoms with E-state index in [-0.39, 0.29) is 6.04 Å². The molecule has 1 aliphatic rings. The van der Waals surface area contributed by atoms with E-state index >= 15 is 0 Å². The molecule has 0 radical (unpaired) electrons. The first-order valence-corrected chi connectivity index (χ1v) is 10.1. The Morgan fingerprint density at radius 1 is 1.30 bits per heavy atom. The number of aliphatic imine (C=N–C) groups is 1. The lowest BCUT2D eigenvalue weighted by Gasteiger charge is -2.19. The fourth-order valence-corrected chi connectivity index (χ4v) is 3.37. The Labute approximate surface area is 173 Å². The van der Waals surface area contributed by atoms with E-state index in [4.69, 9.17) is 4.52 Å². The molecule has 1 saturated heterocycles. The van der Waals surface area contributed by atoms with Crippen LogP contribution in [0.1, 0.15) is 36.2 Å². The zero-order chi connectivity index (χ0) is 21.6. The number of alkyl halides is 3. The monoisotopic (exact) mass is 424 g/mol. The third kappa shape index (κ3) is 6.45. The average molecular weight is 424 g/mol. The zero-order valence-corrected chi connectivity index (χ0v) is 17.2. The van der Waals surface area contributed by atoms with Crippen LogP contribution in [-0.4, -0.2) is 53.2 Å². The molecule has 7 nitrogen and oxygen atoms in total. The van der Waals surface area contributed by atoms with Gasteiger partial charge in [0.15, 0.2) is 11.8 Å². The summed E-state index contributed by atoms with van der Waals surface area (Å²) < 4.78 is 43.2. The minimum atomic E-state index is -4.30. The van der Waals surface area contributed by atoms with Gasteiger partial charge in [0.2, 0.25) is 5.89 Å². The second-order valence-corrected chi connectivity index (χ2v) is 7.31. The minimum absolute atomic E-state index is 0.225. The molecule has 1 aliphatic heterocycles. The quantitative estimate of drug-likeness (QED) is 0.526. The second-order valence-electron chi connectivity index (χ2n) is 7.31. The molecule has 1 fully saturated rings. The molecule has 2 N–H and O–H groups in total. The lowest BCUT2D eigenvalue weighted by atomic mass is 10.1. The van der Waals surface area contributed by atoms with Crippen molar-refractivity contribution < 1.29 is 17.7 Å². The predicted octanol–water partition coefficient (Wildman–Crippen LogP) is 2.77. The molecule has 1 aromatic heterocycles. The number of aromatic nitrogens is 2. The number of likely N-dealkylation sites (tertiary alicyclic amines) is 1. The zero-order valence-electron chi connectivity index (χ0n) is 17.2. The van der Waals surface area contributed by atoms with Crippen LogP contribution in [-0.2, 0) is 19.1 Å². The van der Waals surface area contributed by atoms with Crippen molar-refractivity contribution in [3.8, 4) is 0 Å². The summed E-state index contributed by atoms with van der Waals surface area (Å²) in [6.07, 6.45) is -2.79. The standard InChI is InChI=1S/C20H27F3N6O/c1-3-24-19(25-10-8-18-26-14(2)28-30-18)27-17-9-11-29(13-17)12-15-4-6-16(7-5-15)20(21,22)23/h4-7,17H,3,8-13H2,1-2H3,(H2,24,25,27). The summed E-state index contributed by atoms with van der Waals surface area (Å²) in [5, 5.41) is 10.4. The Balaban J connectivity index is 1.48. The summed E-state index contributed by atoms with van der Waals surface area (Å²) in [6.45, 7) is 7.35. The molecule has 1 unspecified atom stereocenters. The summed E-state index contributed by atoms with van der Waals surface area (Å²) in [5.74, 6) is 1.91. The topological polar surface area (TPSA) is 78.6 Å². The van der Waals surface area contributed by atoms with E-state index in [0.29, 0.717) is 31.2 Å². The molecular weight excluding hydrogens is 397 g/mol. The Bertz CT molecular complexity index is 834. The van der Waals surface area contributed by atoms with E-state index in [2.05, 4.69) is 30.7 Å². The second kappa shape index (κ2) is 9.92. The van der Waals surface area contributed by atoms with Gasteiger partial charge in [0.05, 0.1) is 12.1 Å². The SMILES string of the molecule is CCNC(=NCCc1nc(C)no1)NC1CCN(Cc2ccc(C(F)(F)F)cc2)C1. The van der Waals surface area contributed by atoms with Crippen LogP contribution in [0.15, 0.2) is 33.8 Å². The van der Waals surface area contributed by atoms with E-state index in [0.717, 1.165) is 49.7 Å². The van der Waals surface area contributed by atoms with E-state index in [1.165, 1.54) is 0 Å². The maximum Gasteiger partial charge on any atom is 0.416 e. The van der Waals surface area contributed by atoms with Gasteiger partial charge in [0, 0.05) is 38.6 Å². The van der Waals surface area contributed by atoms with Crippen molar-refractivity contribution in [3.63, 3.8) is 0 Å². The van der Waals surface area contributed by atoms with Gasteiger partial charge in [-0.25, -0.2) is 0 Å². The molecule has 0 bridgehead atoms. The van der Waals surface area contributed by atoms with Crippen molar-refractivity contribution in [2.45, 2.75) is 45.5 Å². The normalized spacial score (nSPS) is 18.0. The molecule has 2 heterocycles. The van der Waals surface area contributed by atoms with Crippen LogP contribution in [0.25, 0.3) is 0 Å². The molecule has 1 atom stereocenters. The largest absolute Gasteiger partial charge is 0.416 e. The highest BCUT2D eigenvalue weighted by Crippen LogP contribution is 2.29. The third-order valence-electron chi connectivity index (χ3n) is 4.81. The van der Waals surface area contributed by atoms with Gasteiger partial charge in [-0.2, -0.15) is 18.2 Å². The van der Waals surface area contributed by atoms with Crippen molar-refractivity contribution in [1.82, 2.24) is 25.7 Å². The summed E-state index contributed by atoms with van der Waals surface area (Å²) in [4.78, 5) is 11.0. The molecule has 2 aromatic rings. The number of rotatable bonds is 7. The number of guanidine groups is 1. The van der Waals surface area contributed by atoms with E-state index < -0.39 is 11.7 Å². The first-order valence-electron chi connectivity index (χ1n) is 10.1. The molecule has 0 spiro atoms. The first kappa shape index (κ1) is 22.1. The number of hydrogen-bond acceptors (Lipinski definition) is 5. The van der Waals surface area contributed by atoms with E-state index in [1.54, 1.807) is 19.1 Å². The predicted molar refractivity (Wildman–Crippen MR) is 107 cm³/mol. The molecule has 0 amide bonds. The number of halogens is 3. The van der Waals surface area contributed by atoms with Gasteiger partial charge < -0.3 is 15.2 Å².